The monoisotopic (exact) mass is 356 g/mol. The fourth-order valence-corrected chi connectivity index (χ4v) is 2.04. The zero-order valence-corrected chi connectivity index (χ0v) is 14.6. The minimum Gasteiger partial charge on any atom is -0.377 e. The van der Waals surface area contributed by atoms with Gasteiger partial charge in [0.25, 0.3) is 0 Å². The maximum absolute atomic E-state index is 5.66. The van der Waals surface area contributed by atoms with E-state index in [0.29, 0.717) is 72.6 Å². The molecule has 0 saturated carbocycles. The molecule has 0 spiro atoms. The lowest BCUT2D eigenvalue weighted by Crippen LogP contribution is -2.39. The van der Waals surface area contributed by atoms with Crippen molar-refractivity contribution in [2.75, 3.05) is 66.1 Å². The van der Waals surface area contributed by atoms with Crippen molar-refractivity contribution < 1.29 is 28.6 Å². The number of nitrogens with one attached hydrogen (secondary N) is 1. The van der Waals surface area contributed by atoms with Crippen LogP contribution >= 0.6 is 0 Å². The predicted octanol–water partition coefficient (Wildman–Crippen LogP) is 0.936. The number of rotatable bonds is 2. The van der Waals surface area contributed by atoms with Gasteiger partial charge in [-0.2, -0.15) is 0 Å². The third kappa shape index (κ3) is 10.5. The highest BCUT2D eigenvalue weighted by Gasteiger charge is 2.07. The zero-order valence-electron chi connectivity index (χ0n) is 14.6. The summed E-state index contributed by atoms with van der Waals surface area (Å²) in [6, 6.07) is 9.99. The lowest BCUT2D eigenvalue weighted by molar-refractivity contribution is -0.284. The first-order valence-corrected chi connectivity index (χ1v) is 8.58. The third-order valence-corrected chi connectivity index (χ3v) is 3.26. The predicted molar refractivity (Wildman–Crippen MR) is 90.3 cm³/mol. The molecule has 1 heterocycles. The van der Waals surface area contributed by atoms with Gasteiger partial charge in [-0.15, -0.1) is 5.59 Å². The van der Waals surface area contributed by atoms with Gasteiger partial charge in [0, 0.05) is 0 Å². The molecule has 1 aromatic rings. The van der Waals surface area contributed by atoms with Crippen LogP contribution in [0.4, 0.5) is 0 Å². The molecule has 1 fully saturated rings. The number of hydroxylamine groups is 1. The molecule has 0 aliphatic carbocycles. The average Bonchev–Trinajstić information content (AvgIpc) is 2.64. The molecule has 8 heteroatoms. The number of nitrogens with zero attached hydrogens (tertiary/aromatic N) is 1. The van der Waals surface area contributed by atoms with E-state index in [2.05, 4.69) is 5.59 Å². The van der Waals surface area contributed by atoms with Crippen molar-refractivity contribution in [1.29, 1.82) is 0 Å². The summed E-state index contributed by atoms with van der Waals surface area (Å²) in [5, 5.41) is 1.54. The maximum Gasteiger partial charge on any atom is 0.0936 e. The summed E-state index contributed by atoms with van der Waals surface area (Å²) in [5.74, 6) is 0. The van der Waals surface area contributed by atoms with Crippen molar-refractivity contribution in [1.82, 2.24) is 10.8 Å². The van der Waals surface area contributed by atoms with Crippen LogP contribution in [0.5, 0.6) is 0 Å². The Hall–Kier alpha value is -1.10. The second-order valence-electron chi connectivity index (χ2n) is 5.24. The quantitative estimate of drug-likeness (QED) is 0.840. The first-order valence-electron chi connectivity index (χ1n) is 8.58. The number of ether oxygens (including phenoxy) is 4. The van der Waals surface area contributed by atoms with Crippen LogP contribution in [0.1, 0.15) is 5.56 Å². The molecule has 0 radical (unpaired) electrons. The highest BCUT2D eigenvalue weighted by atomic mass is 16.8. The maximum atomic E-state index is 5.66. The smallest absolute Gasteiger partial charge is 0.0936 e. The Kier molecular flexibility index (Phi) is 11.4. The molecule has 0 atom stereocenters. The Balaban J connectivity index is 1.73. The van der Waals surface area contributed by atoms with Gasteiger partial charge in [-0.25, -0.2) is 0 Å². The molecule has 0 amide bonds. The molecule has 25 heavy (non-hydrogen) atoms. The molecule has 1 aliphatic rings. The van der Waals surface area contributed by atoms with Gasteiger partial charge >= 0.3 is 0 Å². The molecule has 0 aromatic heterocycles. The van der Waals surface area contributed by atoms with Crippen LogP contribution in [0.3, 0.4) is 0 Å². The Bertz CT molecular complexity index is 405. The summed E-state index contributed by atoms with van der Waals surface area (Å²) in [7, 11) is 0. The van der Waals surface area contributed by atoms with Crippen LogP contribution in [-0.2, 0) is 35.2 Å². The Morgan fingerprint density at radius 3 is 1.80 bits per heavy atom. The molecule has 0 unspecified atom stereocenters. The van der Waals surface area contributed by atoms with Crippen LogP contribution in [0, 0.1) is 0 Å². The fourth-order valence-electron chi connectivity index (χ4n) is 2.04. The van der Waals surface area contributed by atoms with Crippen molar-refractivity contribution in [2.24, 2.45) is 0 Å². The van der Waals surface area contributed by atoms with Crippen molar-refractivity contribution in [2.45, 2.75) is 6.54 Å². The normalized spacial score (nSPS) is 21.3. The minimum atomic E-state index is 0.397. The summed E-state index contributed by atoms with van der Waals surface area (Å²) >= 11 is 0. The van der Waals surface area contributed by atoms with E-state index < -0.39 is 0 Å². The average molecular weight is 356 g/mol. The summed E-state index contributed by atoms with van der Waals surface area (Å²) in [4.78, 5) is 11.1. The number of hydrogen-bond acceptors (Lipinski definition) is 8. The van der Waals surface area contributed by atoms with Gasteiger partial charge in [0.15, 0.2) is 0 Å². The van der Waals surface area contributed by atoms with E-state index in [1.54, 1.807) is 5.17 Å². The third-order valence-electron chi connectivity index (χ3n) is 3.26. The van der Waals surface area contributed by atoms with E-state index in [1.165, 1.54) is 0 Å². The Morgan fingerprint density at radius 1 is 0.680 bits per heavy atom. The SMILES string of the molecule is c1ccc(CN2NOCCOCCOCCOCCOCCO2)cc1. The summed E-state index contributed by atoms with van der Waals surface area (Å²) in [5.41, 5.74) is 3.89. The van der Waals surface area contributed by atoms with Gasteiger partial charge in [0.1, 0.15) is 0 Å². The van der Waals surface area contributed by atoms with Gasteiger partial charge in [0.2, 0.25) is 0 Å². The summed E-state index contributed by atoms with van der Waals surface area (Å²) < 4.78 is 21.7. The molecule has 1 aliphatic heterocycles. The van der Waals surface area contributed by atoms with Crippen LogP contribution in [0.25, 0.3) is 0 Å². The van der Waals surface area contributed by atoms with Crippen molar-refractivity contribution in [3.63, 3.8) is 0 Å². The highest BCUT2D eigenvalue weighted by molar-refractivity contribution is 5.13. The van der Waals surface area contributed by atoms with E-state index in [4.69, 9.17) is 28.6 Å². The highest BCUT2D eigenvalue weighted by Crippen LogP contribution is 2.03. The topological polar surface area (TPSA) is 70.7 Å². The molecule has 0 bridgehead atoms. The summed E-state index contributed by atoms with van der Waals surface area (Å²) in [6.07, 6.45) is 0. The molecule has 1 aromatic carbocycles. The van der Waals surface area contributed by atoms with Crippen molar-refractivity contribution >= 4 is 0 Å². The van der Waals surface area contributed by atoms with E-state index in [-0.39, 0.29) is 0 Å². The van der Waals surface area contributed by atoms with Crippen LogP contribution in [0.2, 0.25) is 0 Å². The second kappa shape index (κ2) is 14.1. The van der Waals surface area contributed by atoms with E-state index in [9.17, 15) is 0 Å². The molecule has 1 N–H and O–H groups in total. The van der Waals surface area contributed by atoms with Gasteiger partial charge in [-0.1, -0.05) is 35.5 Å². The van der Waals surface area contributed by atoms with Gasteiger partial charge in [-0.05, 0) is 5.56 Å². The lowest BCUT2D eigenvalue weighted by atomic mass is 10.2. The van der Waals surface area contributed by atoms with E-state index in [1.807, 2.05) is 30.3 Å². The van der Waals surface area contributed by atoms with E-state index in [0.717, 1.165) is 5.56 Å². The lowest BCUT2D eigenvalue weighted by Gasteiger charge is -2.22. The first-order chi connectivity index (χ1) is 12.4. The van der Waals surface area contributed by atoms with Crippen molar-refractivity contribution in [3.05, 3.63) is 35.9 Å². The van der Waals surface area contributed by atoms with Crippen LogP contribution in [-0.4, -0.2) is 71.2 Å². The van der Waals surface area contributed by atoms with E-state index >= 15 is 0 Å². The van der Waals surface area contributed by atoms with Gasteiger partial charge in [0.05, 0.1) is 72.6 Å². The van der Waals surface area contributed by atoms with Gasteiger partial charge < -0.3 is 18.9 Å². The first kappa shape index (κ1) is 20.2. The van der Waals surface area contributed by atoms with Crippen molar-refractivity contribution in [3.8, 4) is 0 Å². The van der Waals surface area contributed by atoms with Crippen LogP contribution in [0.15, 0.2) is 30.3 Å². The van der Waals surface area contributed by atoms with Crippen LogP contribution < -0.4 is 5.59 Å². The molecule has 1 saturated heterocycles. The largest absolute Gasteiger partial charge is 0.377 e. The second-order valence-corrected chi connectivity index (χ2v) is 5.24. The zero-order chi connectivity index (χ0) is 17.4. The standard InChI is InChI=1S/C17H28N2O6/c1-2-4-17(5-3-1)16-19-18-24-14-12-22-10-8-20-6-7-21-9-11-23-13-15-25-19/h1-5,18H,6-16H2. The number of hydrazine groups is 1. The molecule has 8 nitrogen and oxygen atoms in total. The molecule has 2 rings (SSSR count). The van der Waals surface area contributed by atoms with Gasteiger partial charge in [-0.3, -0.25) is 9.68 Å². The Morgan fingerprint density at radius 2 is 1.20 bits per heavy atom. The Labute approximate surface area is 148 Å². The fraction of sp³-hybridized carbons (Fsp3) is 0.647. The summed E-state index contributed by atoms with van der Waals surface area (Å²) in [6.45, 7) is 5.51. The molecule has 142 valence electrons. The number of hydrogen-bond donors (Lipinski definition) is 1. The number of benzene rings is 1. The molecular weight excluding hydrogens is 328 g/mol. The minimum absolute atomic E-state index is 0.397. The molecular formula is C17H28N2O6.